The van der Waals surface area contributed by atoms with Crippen molar-refractivity contribution < 1.29 is 18.8 Å². The smallest absolute Gasteiger partial charge is 0.444 e. The van der Waals surface area contributed by atoms with Gasteiger partial charge in [-0.1, -0.05) is 11.8 Å². The molecule has 2 aliphatic heterocycles. The Morgan fingerprint density at radius 1 is 1.24 bits per heavy atom. The second-order valence-electron chi connectivity index (χ2n) is 9.67. The van der Waals surface area contributed by atoms with Crippen LogP contribution < -0.4 is 5.46 Å². The van der Waals surface area contributed by atoms with Gasteiger partial charge in [-0.15, -0.1) is 0 Å². The molecule has 0 aliphatic carbocycles. The zero-order chi connectivity index (χ0) is 21.4. The molecule has 2 saturated heterocycles. The molecule has 2 aliphatic rings. The topological polar surface area (TPSA) is 73.8 Å². The standard InChI is InChI=1S/C20H32BN3O4S/c1-18(2,3)26-17(25)24-10-8-9-15(24)13-29-16-22-11-14(12-23-16)21-27-19(4,5)20(6,7)28-21/h11-12,15H,8-10,13H2,1-7H3. The Kier molecular flexibility index (Phi) is 6.23. The Bertz CT molecular complexity index is 720. The van der Waals surface area contributed by atoms with E-state index in [1.165, 1.54) is 0 Å². The van der Waals surface area contributed by atoms with E-state index >= 15 is 0 Å². The molecule has 0 aromatic carbocycles. The van der Waals surface area contributed by atoms with Gasteiger partial charge in [0.2, 0.25) is 0 Å². The van der Waals surface area contributed by atoms with Gasteiger partial charge in [0, 0.05) is 36.2 Å². The Balaban J connectivity index is 1.56. The van der Waals surface area contributed by atoms with Gasteiger partial charge in [0.15, 0.2) is 5.16 Å². The van der Waals surface area contributed by atoms with Crippen LogP contribution in [0.3, 0.4) is 0 Å². The van der Waals surface area contributed by atoms with Crippen molar-refractivity contribution in [3.8, 4) is 0 Å². The maximum absolute atomic E-state index is 12.4. The average Bonchev–Trinajstić information content (AvgIpc) is 3.14. The van der Waals surface area contributed by atoms with Crippen molar-refractivity contribution >= 4 is 30.4 Å². The van der Waals surface area contributed by atoms with Crippen LogP contribution in [0.4, 0.5) is 4.79 Å². The van der Waals surface area contributed by atoms with Crippen LogP contribution >= 0.6 is 11.8 Å². The highest BCUT2D eigenvalue weighted by Crippen LogP contribution is 2.36. The Morgan fingerprint density at radius 3 is 2.38 bits per heavy atom. The lowest BCUT2D eigenvalue weighted by Crippen LogP contribution is -2.41. The largest absolute Gasteiger partial charge is 0.498 e. The zero-order valence-electron chi connectivity index (χ0n) is 18.5. The molecule has 0 bridgehead atoms. The van der Waals surface area contributed by atoms with Gasteiger partial charge in [0.1, 0.15) is 5.60 Å². The SMILES string of the molecule is CC(C)(C)OC(=O)N1CCCC1CSc1ncc(B2OC(C)(C)C(C)(C)O2)cn1. The van der Waals surface area contributed by atoms with E-state index in [2.05, 4.69) is 9.97 Å². The summed E-state index contributed by atoms with van der Waals surface area (Å²) in [4.78, 5) is 23.2. The van der Waals surface area contributed by atoms with Crippen molar-refractivity contribution in [1.29, 1.82) is 0 Å². The quantitative estimate of drug-likeness (QED) is 0.420. The number of hydrogen-bond donors (Lipinski definition) is 0. The monoisotopic (exact) mass is 421 g/mol. The number of carbonyl (C=O) groups excluding carboxylic acids is 1. The summed E-state index contributed by atoms with van der Waals surface area (Å²) < 4.78 is 17.6. The number of aromatic nitrogens is 2. The number of likely N-dealkylation sites (tertiary alicyclic amines) is 1. The van der Waals surface area contributed by atoms with Crippen molar-refractivity contribution in [2.75, 3.05) is 12.3 Å². The third kappa shape index (κ3) is 5.24. The van der Waals surface area contributed by atoms with Crippen molar-refractivity contribution in [3.63, 3.8) is 0 Å². The minimum atomic E-state index is -0.482. The number of rotatable bonds is 4. The van der Waals surface area contributed by atoms with Crippen LogP contribution in [-0.4, -0.2) is 63.2 Å². The highest BCUT2D eigenvalue weighted by molar-refractivity contribution is 7.99. The lowest BCUT2D eigenvalue weighted by atomic mass is 9.81. The van der Waals surface area contributed by atoms with Gasteiger partial charge >= 0.3 is 13.2 Å². The molecule has 7 nitrogen and oxygen atoms in total. The van der Waals surface area contributed by atoms with Gasteiger partial charge in [-0.05, 0) is 61.3 Å². The Labute approximate surface area is 178 Å². The van der Waals surface area contributed by atoms with Crippen LogP contribution in [0.1, 0.15) is 61.3 Å². The third-order valence-electron chi connectivity index (χ3n) is 5.58. The molecule has 0 saturated carbocycles. The summed E-state index contributed by atoms with van der Waals surface area (Å²) in [6.07, 6.45) is 5.25. The maximum Gasteiger partial charge on any atom is 0.498 e. The number of hydrogen-bond acceptors (Lipinski definition) is 7. The molecule has 3 heterocycles. The first-order valence-electron chi connectivity index (χ1n) is 10.2. The van der Waals surface area contributed by atoms with Gasteiger partial charge in [-0.3, -0.25) is 0 Å². The predicted molar refractivity (Wildman–Crippen MR) is 114 cm³/mol. The highest BCUT2D eigenvalue weighted by atomic mass is 32.2. The predicted octanol–water partition coefficient (Wildman–Crippen LogP) is 3.27. The van der Waals surface area contributed by atoms with Gasteiger partial charge in [-0.25, -0.2) is 14.8 Å². The molecule has 1 aromatic heterocycles. The lowest BCUT2D eigenvalue weighted by molar-refractivity contribution is 0.00578. The lowest BCUT2D eigenvalue weighted by Gasteiger charge is -2.32. The molecule has 1 atom stereocenters. The molecule has 3 rings (SSSR count). The molecule has 160 valence electrons. The van der Waals surface area contributed by atoms with Gasteiger partial charge in [0.25, 0.3) is 0 Å². The fourth-order valence-corrected chi connectivity index (χ4v) is 4.18. The summed E-state index contributed by atoms with van der Waals surface area (Å²) in [5.74, 6) is 0.745. The van der Waals surface area contributed by atoms with E-state index < -0.39 is 23.9 Å². The fraction of sp³-hybridized carbons (Fsp3) is 0.750. The number of carbonyl (C=O) groups is 1. The summed E-state index contributed by atoms with van der Waals surface area (Å²) in [6, 6.07) is 0.140. The van der Waals surface area contributed by atoms with Crippen LogP contribution in [0.2, 0.25) is 0 Å². The average molecular weight is 421 g/mol. The van der Waals surface area contributed by atoms with E-state index in [0.717, 1.165) is 30.6 Å². The molecular formula is C20H32BN3O4S. The van der Waals surface area contributed by atoms with Crippen LogP contribution in [0, 0.1) is 0 Å². The summed E-state index contributed by atoms with van der Waals surface area (Å²) >= 11 is 1.55. The van der Waals surface area contributed by atoms with E-state index in [0.29, 0.717) is 5.16 Å². The molecule has 0 spiro atoms. The minimum Gasteiger partial charge on any atom is -0.444 e. The molecular weight excluding hydrogens is 389 g/mol. The molecule has 2 fully saturated rings. The summed E-state index contributed by atoms with van der Waals surface area (Å²) in [5, 5.41) is 0.682. The maximum atomic E-state index is 12.4. The van der Waals surface area contributed by atoms with Gasteiger partial charge in [0.05, 0.1) is 11.2 Å². The summed E-state index contributed by atoms with van der Waals surface area (Å²) in [7, 11) is -0.462. The zero-order valence-corrected chi connectivity index (χ0v) is 19.3. The van der Waals surface area contributed by atoms with Crippen molar-refractivity contribution in [2.24, 2.45) is 0 Å². The van der Waals surface area contributed by atoms with Gasteiger partial charge in [-0.2, -0.15) is 0 Å². The van der Waals surface area contributed by atoms with E-state index in [1.807, 2.05) is 53.4 Å². The number of amides is 1. The summed E-state index contributed by atoms with van der Waals surface area (Å²) in [5.41, 5.74) is -0.453. The van der Waals surface area contributed by atoms with Gasteiger partial charge < -0.3 is 18.9 Å². The second kappa shape index (κ2) is 8.08. The van der Waals surface area contributed by atoms with E-state index in [-0.39, 0.29) is 12.1 Å². The molecule has 0 radical (unpaired) electrons. The van der Waals surface area contributed by atoms with Crippen molar-refractivity contribution in [2.45, 2.75) is 89.3 Å². The minimum absolute atomic E-state index is 0.140. The fourth-order valence-electron chi connectivity index (χ4n) is 3.24. The molecule has 9 heteroatoms. The number of nitrogens with zero attached hydrogens (tertiary/aromatic N) is 3. The molecule has 1 amide bonds. The van der Waals surface area contributed by atoms with E-state index in [1.54, 1.807) is 24.2 Å². The Morgan fingerprint density at radius 2 is 1.83 bits per heavy atom. The molecule has 1 unspecified atom stereocenters. The van der Waals surface area contributed by atoms with Crippen LogP contribution in [0.25, 0.3) is 0 Å². The number of thioether (sulfide) groups is 1. The van der Waals surface area contributed by atoms with Crippen molar-refractivity contribution in [1.82, 2.24) is 14.9 Å². The van der Waals surface area contributed by atoms with Crippen LogP contribution in [0.15, 0.2) is 17.6 Å². The number of ether oxygens (including phenoxy) is 1. The van der Waals surface area contributed by atoms with E-state index in [9.17, 15) is 4.79 Å². The first-order chi connectivity index (χ1) is 13.4. The molecule has 29 heavy (non-hydrogen) atoms. The first kappa shape index (κ1) is 22.4. The van der Waals surface area contributed by atoms with Crippen LogP contribution in [0.5, 0.6) is 0 Å². The molecule has 0 N–H and O–H groups in total. The van der Waals surface area contributed by atoms with E-state index in [4.69, 9.17) is 14.0 Å². The normalized spacial score (nSPS) is 23.5. The Hall–Kier alpha value is -1.32. The highest BCUT2D eigenvalue weighted by Gasteiger charge is 2.52. The first-order valence-corrected chi connectivity index (χ1v) is 11.2. The third-order valence-corrected chi connectivity index (χ3v) is 6.60. The molecule has 1 aromatic rings. The van der Waals surface area contributed by atoms with Crippen LogP contribution in [-0.2, 0) is 14.0 Å². The summed E-state index contributed by atoms with van der Waals surface area (Å²) in [6.45, 7) is 14.5. The van der Waals surface area contributed by atoms with Crippen molar-refractivity contribution in [3.05, 3.63) is 12.4 Å². The second-order valence-corrected chi connectivity index (χ2v) is 10.7.